The van der Waals surface area contributed by atoms with Gasteiger partial charge in [0, 0.05) is 19.5 Å². The highest BCUT2D eigenvalue weighted by Crippen LogP contribution is 2.28. The number of carbonyl (C=O) groups is 1. The van der Waals surface area contributed by atoms with E-state index >= 15 is 0 Å². The van der Waals surface area contributed by atoms with Crippen molar-refractivity contribution in [2.75, 3.05) is 39.9 Å². The summed E-state index contributed by atoms with van der Waals surface area (Å²) in [5.74, 6) is 4.09. The van der Waals surface area contributed by atoms with Crippen LogP contribution in [-0.2, 0) is 4.79 Å². The summed E-state index contributed by atoms with van der Waals surface area (Å²) in [5.41, 5.74) is 1.50. The van der Waals surface area contributed by atoms with E-state index < -0.39 is 0 Å². The van der Waals surface area contributed by atoms with Crippen LogP contribution in [0, 0.1) is 11.8 Å². The molecule has 1 unspecified atom stereocenters. The van der Waals surface area contributed by atoms with E-state index in [1.807, 2.05) is 38.1 Å². The lowest BCUT2D eigenvalue weighted by atomic mass is 9.99. The highest BCUT2D eigenvalue weighted by atomic mass is 16.6. The summed E-state index contributed by atoms with van der Waals surface area (Å²) in [7, 11) is 2.20. The first-order valence-corrected chi connectivity index (χ1v) is 16.6. The van der Waals surface area contributed by atoms with Crippen LogP contribution < -0.4 is 14.8 Å². The SMILES string of the molecule is CC.CC(C)C.CCCCCCCC(=O)NCC(C)C.CN1CCC(c2ccccc2)C1.c1ccc2c(c1)OCCO2. The van der Waals surface area contributed by atoms with Crippen molar-refractivity contribution in [3.63, 3.8) is 0 Å². The smallest absolute Gasteiger partial charge is 0.220 e. The molecule has 2 aromatic carbocycles. The summed E-state index contributed by atoms with van der Waals surface area (Å²) >= 11 is 0. The molecule has 0 saturated carbocycles. The lowest BCUT2D eigenvalue weighted by Gasteiger charge is -2.17. The van der Waals surface area contributed by atoms with Crippen molar-refractivity contribution in [3.05, 3.63) is 60.2 Å². The summed E-state index contributed by atoms with van der Waals surface area (Å²) in [6.07, 6.45) is 8.10. The Bertz CT molecular complexity index is 858. The monoisotopic (exact) mass is 584 g/mol. The Morgan fingerprint density at radius 2 is 1.38 bits per heavy atom. The van der Waals surface area contributed by atoms with Gasteiger partial charge >= 0.3 is 0 Å². The molecule has 1 fully saturated rings. The Labute approximate surface area is 259 Å². The van der Waals surface area contributed by atoms with Crippen LogP contribution in [0.15, 0.2) is 54.6 Å². The van der Waals surface area contributed by atoms with Crippen LogP contribution in [0.2, 0.25) is 0 Å². The van der Waals surface area contributed by atoms with Crippen LogP contribution in [0.5, 0.6) is 11.5 Å². The standard InChI is InChI=1S/C12H25NO.C11H15N.C8H8O2.C4H10.C2H6/c1-4-5-6-7-8-9-12(14)13-10-11(2)3;1-12-8-7-11(9-12)10-5-3-2-4-6-10;1-2-4-8-7(3-1)9-5-6-10-8;1-4(2)3;1-2/h11H,4-10H2,1-3H3,(H,13,14);2-6,11H,7-9H2,1H3;1-4H,5-6H2;4H,1-3H3;1-2H3. The van der Waals surface area contributed by atoms with E-state index in [1.165, 1.54) is 50.8 Å². The van der Waals surface area contributed by atoms with Crippen LogP contribution in [0.1, 0.15) is 112 Å². The number of unbranched alkanes of at least 4 members (excludes halogenated alkanes) is 4. The Morgan fingerprint density at radius 3 is 1.86 bits per heavy atom. The Morgan fingerprint density at radius 1 is 0.857 bits per heavy atom. The van der Waals surface area contributed by atoms with Crippen LogP contribution in [0.25, 0.3) is 0 Å². The van der Waals surface area contributed by atoms with Gasteiger partial charge in [0.05, 0.1) is 0 Å². The predicted octanol–water partition coefficient (Wildman–Crippen LogP) is 9.37. The number of nitrogens with zero attached hydrogens (tertiary/aromatic N) is 1. The zero-order chi connectivity index (χ0) is 31.6. The molecule has 240 valence electrons. The second-order valence-electron chi connectivity index (χ2n) is 11.9. The first-order chi connectivity index (χ1) is 20.2. The first-order valence-electron chi connectivity index (χ1n) is 16.6. The van der Waals surface area contributed by atoms with E-state index in [1.54, 1.807) is 0 Å². The van der Waals surface area contributed by atoms with E-state index in [-0.39, 0.29) is 5.91 Å². The minimum absolute atomic E-state index is 0.218. The molecule has 0 bridgehead atoms. The lowest BCUT2D eigenvalue weighted by molar-refractivity contribution is -0.121. The third-order valence-electron chi connectivity index (χ3n) is 6.32. The zero-order valence-electron chi connectivity index (χ0n) is 28.6. The lowest BCUT2D eigenvalue weighted by Crippen LogP contribution is -2.26. The van der Waals surface area contributed by atoms with Gasteiger partial charge in [-0.15, -0.1) is 0 Å². The van der Waals surface area contributed by atoms with E-state index in [4.69, 9.17) is 9.47 Å². The fourth-order valence-electron chi connectivity index (χ4n) is 4.22. The van der Waals surface area contributed by atoms with Crippen molar-refractivity contribution >= 4 is 5.91 Å². The van der Waals surface area contributed by atoms with E-state index in [2.05, 4.69) is 89.1 Å². The third-order valence-corrected chi connectivity index (χ3v) is 6.32. The Balaban J connectivity index is 0.000000552. The number of ether oxygens (including phenoxy) is 2. The fourth-order valence-corrected chi connectivity index (χ4v) is 4.22. The number of rotatable bonds is 9. The van der Waals surface area contributed by atoms with Gasteiger partial charge in [0.1, 0.15) is 13.2 Å². The number of amides is 1. The van der Waals surface area contributed by atoms with Crippen molar-refractivity contribution in [1.29, 1.82) is 0 Å². The van der Waals surface area contributed by atoms with Crippen molar-refractivity contribution in [1.82, 2.24) is 10.2 Å². The number of carbonyl (C=O) groups excluding carboxylic acids is 1. The second-order valence-corrected chi connectivity index (χ2v) is 11.9. The number of likely N-dealkylation sites (tertiary alicyclic amines) is 1. The highest BCUT2D eigenvalue weighted by Gasteiger charge is 2.20. The van der Waals surface area contributed by atoms with Crippen molar-refractivity contribution in [2.45, 2.75) is 106 Å². The van der Waals surface area contributed by atoms with Gasteiger partial charge in [-0.2, -0.15) is 0 Å². The largest absolute Gasteiger partial charge is 0.486 e. The summed E-state index contributed by atoms with van der Waals surface area (Å²) in [6, 6.07) is 18.5. The van der Waals surface area contributed by atoms with Crippen molar-refractivity contribution < 1.29 is 14.3 Å². The summed E-state index contributed by atoms with van der Waals surface area (Å²) < 4.78 is 10.6. The number of benzene rings is 2. The molecule has 1 atom stereocenters. The van der Waals surface area contributed by atoms with Gasteiger partial charge in [-0.1, -0.05) is 124 Å². The average molecular weight is 585 g/mol. The van der Waals surface area contributed by atoms with Gasteiger partial charge in [-0.25, -0.2) is 0 Å². The quantitative estimate of drug-likeness (QED) is 0.298. The Hall–Kier alpha value is -2.53. The molecule has 0 spiro atoms. The van der Waals surface area contributed by atoms with Gasteiger partial charge in [-0.3, -0.25) is 4.79 Å². The van der Waals surface area contributed by atoms with Crippen LogP contribution in [0.3, 0.4) is 0 Å². The minimum Gasteiger partial charge on any atom is -0.486 e. The molecule has 0 aromatic heterocycles. The molecule has 2 aliphatic rings. The molecule has 42 heavy (non-hydrogen) atoms. The number of hydrogen-bond donors (Lipinski definition) is 1. The van der Waals surface area contributed by atoms with Crippen LogP contribution in [-0.4, -0.2) is 50.7 Å². The number of likely N-dealkylation sites (N-methyl/N-ethyl adjacent to an activating group) is 1. The molecule has 4 rings (SSSR count). The van der Waals surface area contributed by atoms with E-state index in [9.17, 15) is 4.79 Å². The minimum atomic E-state index is 0.218. The van der Waals surface area contributed by atoms with Gasteiger partial charge in [0.25, 0.3) is 0 Å². The normalized spacial score (nSPS) is 15.1. The van der Waals surface area contributed by atoms with E-state index in [0.717, 1.165) is 36.3 Å². The molecule has 2 heterocycles. The summed E-state index contributed by atoms with van der Waals surface area (Å²) in [5, 5.41) is 2.93. The zero-order valence-corrected chi connectivity index (χ0v) is 28.6. The molecule has 5 heteroatoms. The average Bonchev–Trinajstić information content (AvgIpc) is 3.44. The molecular weight excluding hydrogens is 520 g/mol. The maximum Gasteiger partial charge on any atom is 0.220 e. The topological polar surface area (TPSA) is 50.8 Å². The molecule has 2 aliphatic heterocycles. The maximum absolute atomic E-state index is 11.3. The van der Waals surface area contributed by atoms with Gasteiger partial charge in [0.2, 0.25) is 5.91 Å². The molecular formula is C37H64N2O3. The highest BCUT2D eigenvalue weighted by molar-refractivity contribution is 5.75. The molecule has 5 nitrogen and oxygen atoms in total. The maximum atomic E-state index is 11.3. The van der Waals surface area contributed by atoms with Gasteiger partial charge in [0.15, 0.2) is 11.5 Å². The van der Waals surface area contributed by atoms with Crippen molar-refractivity contribution in [3.8, 4) is 11.5 Å². The third kappa shape index (κ3) is 21.2. The molecule has 1 N–H and O–H groups in total. The predicted molar refractivity (Wildman–Crippen MR) is 182 cm³/mol. The summed E-state index contributed by atoms with van der Waals surface area (Å²) in [4.78, 5) is 13.7. The Kier molecular flexibility index (Phi) is 24.6. The first kappa shape index (κ1) is 39.5. The van der Waals surface area contributed by atoms with Gasteiger partial charge in [-0.05, 0) is 61.9 Å². The number of nitrogens with one attached hydrogen (secondary N) is 1. The summed E-state index contributed by atoms with van der Waals surface area (Å²) in [6.45, 7) is 21.5. The number of hydrogen-bond acceptors (Lipinski definition) is 4. The van der Waals surface area contributed by atoms with Gasteiger partial charge < -0.3 is 19.7 Å². The molecule has 2 aromatic rings. The molecule has 1 amide bonds. The number of para-hydroxylation sites is 2. The number of fused-ring (bicyclic) bond motifs is 1. The molecule has 0 aliphatic carbocycles. The molecule has 1 saturated heterocycles. The van der Waals surface area contributed by atoms with Crippen LogP contribution in [0.4, 0.5) is 0 Å². The second kappa shape index (κ2) is 26.1. The van der Waals surface area contributed by atoms with Crippen LogP contribution >= 0.6 is 0 Å². The van der Waals surface area contributed by atoms with E-state index in [0.29, 0.717) is 25.6 Å². The van der Waals surface area contributed by atoms with Crippen molar-refractivity contribution in [2.24, 2.45) is 11.8 Å². The fraction of sp³-hybridized carbons (Fsp3) is 0.649. The molecule has 0 radical (unpaired) electrons.